The summed E-state index contributed by atoms with van der Waals surface area (Å²) in [6, 6.07) is 8.68. The van der Waals surface area contributed by atoms with Crippen LogP contribution >= 0.6 is 12.4 Å². The van der Waals surface area contributed by atoms with Gasteiger partial charge in [0.2, 0.25) is 5.91 Å². The van der Waals surface area contributed by atoms with Crippen molar-refractivity contribution in [2.45, 2.75) is 38.3 Å². The number of rotatable bonds is 1. The molecule has 1 N–H and O–H groups in total. The van der Waals surface area contributed by atoms with Gasteiger partial charge < -0.3 is 5.32 Å². The third kappa shape index (κ3) is 3.10. The molecular formula is C15H21ClN2O. The van der Waals surface area contributed by atoms with Crippen LogP contribution in [-0.4, -0.2) is 29.9 Å². The Labute approximate surface area is 120 Å². The molecule has 1 atom stereocenters. The lowest BCUT2D eigenvalue weighted by Gasteiger charge is -2.34. The molecule has 4 heteroatoms. The Balaban J connectivity index is 0.00000133. The first-order valence-corrected chi connectivity index (χ1v) is 6.93. The molecule has 1 fully saturated rings. The third-order valence-electron chi connectivity index (χ3n) is 4.11. The highest BCUT2D eigenvalue weighted by Crippen LogP contribution is 2.23. The average Bonchev–Trinajstić information content (AvgIpc) is 2.63. The molecule has 1 aromatic carbocycles. The van der Waals surface area contributed by atoms with Gasteiger partial charge in [0, 0.05) is 19.6 Å². The first-order valence-electron chi connectivity index (χ1n) is 6.93. The fraction of sp³-hybridized carbons (Fsp3) is 0.533. The van der Waals surface area contributed by atoms with Crippen LogP contribution in [-0.2, 0) is 17.8 Å². The van der Waals surface area contributed by atoms with Crippen molar-refractivity contribution in [1.29, 1.82) is 0 Å². The van der Waals surface area contributed by atoms with Gasteiger partial charge in [0.1, 0.15) is 0 Å². The third-order valence-corrected chi connectivity index (χ3v) is 4.11. The maximum absolute atomic E-state index is 12.1. The fourth-order valence-corrected chi connectivity index (χ4v) is 3.06. The molecule has 0 saturated carbocycles. The Bertz CT molecular complexity index is 450. The quantitative estimate of drug-likeness (QED) is 0.855. The molecule has 1 aromatic rings. The van der Waals surface area contributed by atoms with Crippen LogP contribution in [0, 0.1) is 0 Å². The number of halogens is 1. The molecule has 0 bridgehead atoms. The zero-order chi connectivity index (χ0) is 12.4. The number of benzene rings is 1. The van der Waals surface area contributed by atoms with Crippen LogP contribution in [0.25, 0.3) is 0 Å². The van der Waals surface area contributed by atoms with Crippen molar-refractivity contribution in [3.05, 3.63) is 35.4 Å². The van der Waals surface area contributed by atoms with Gasteiger partial charge in [-0.15, -0.1) is 12.4 Å². The summed E-state index contributed by atoms with van der Waals surface area (Å²) in [6.45, 7) is 2.78. The monoisotopic (exact) mass is 280 g/mol. The largest absolute Gasteiger partial charge is 0.355 e. The summed E-state index contributed by atoms with van der Waals surface area (Å²) in [5, 5.41) is 3.04. The van der Waals surface area contributed by atoms with E-state index in [4.69, 9.17) is 0 Å². The molecule has 2 aliphatic heterocycles. The second-order valence-corrected chi connectivity index (χ2v) is 5.29. The van der Waals surface area contributed by atoms with E-state index < -0.39 is 0 Å². The first kappa shape index (κ1) is 14.4. The molecule has 3 nitrogen and oxygen atoms in total. The van der Waals surface area contributed by atoms with Gasteiger partial charge in [-0.3, -0.25) is 9.69 Å². The second-order valence-electron chi connectivity index (χ2n) is 5.29. The molecule has 19 heavy (non-hydrogen) atoms. The minimum Gasteiger partial charge on any atom is -0.355 e. The van der Waals surface area contributed by atoms with Gasteiger partial charge in [0.25, 0.3) is 0 Å². The SMILES string of the molecule is Cl.O=C1NCCCCC1N1CCc2ccccc2C1. The Kier molecular flexibility index (Phi) is 4.83. The molecule has 3 rings (SSSR count). The van der Waals surface area contributed by atoms with Gasteiger partial charge in [0.05, 0.1) is 6.04 Å². The smallest absolute Gasteiger partial charge is 0.237 e. The molecule has 0 aromatic heterocycles. The van der Waals surface area contributed by atoms with Crippen molar-refractivity contribution in [3.8, 4) is 0 Å². The number of fused-ring (bicyclic) bond motifs is 1. The van der Waals surface area contributed by atoms with Crippen molar-refractivity contribution in [2.24, 2.45) is 0 Å². The molecule has 104 valence electrons. The summed E-state index contributed by atoms with van der Waals surface area (Å²) in [7, 11) is 0. The van der Waals surface area contributed by atoms with Crippen LogP contribution in [0.15, 0.2) is 24.3 Å². The van der Waals surface area contributed by atoms with E-state index in [9.17, 15) is 4.79 Å². The molecule has 0 spiro atoms. The van der Waals surface area contributed by atoms with Crippen LogP contribution in [0.2, 0.25) is 0 Å². The summed E-state index contributed by atoms with van der Waals surface area (Å²) >= 11 is 0. The van der Waals surface area contributed by atoms with Gasteiger partial charge in [-0.05, 0) is 36.8 Å². The van der Waals surface area contributed by atoms with E-state index in [1.54, 1.807) is 0 Å². The maximum atomic E-state index is 12.1. The van der Waals surface area contributed by atoms with Crippen molar-refractivity contribution >= 4 is 18.3 Å². The summed E-state index contributed by atoms with van der Waals surface area (Å²) in [4.78, 5) is 14.4. The van der Waals surface area contributed by atoms with Gasteiger partial charge >= 0.3 is 0 Å². The maximum Gasteiger partial charge on any atom is 0.237 e. The number of carbonyl (C=O) groups excluding carboxylic acids is 1. The van der Waals surface area contributed by atoms with E-state index >= 15 is 0 Å². The Hall–Kier alpha value is -1.06. The van der Waals surface area contributed by atoms with Crippen molar-refractivity contribution < 1.29 is 4.79 Å². The lowest BCUT2D eigenvalue weighted by Crippen LogP contribution is -2.47. The number of hydrogen-bond acceptors (Lipinski definition) is 2. The molecule has 2 aliphatic rings. The lowest BCUT2D eigenvalue weighted by molar-refractivity contribution is -0.126. The highest BCUT2D eigenvalue weighted by atomic mass is 35.5. The highest BCUT2D eigenvalue weighted by Gasteiger charge is 2.29. The number of hydrogen-bond donors (Lipinski definition) is 1. The topological polar surface area (TPSA) is 32.3 Å². The fourth-order valence-electron chi connectivity index (χ4n) is 3.06. The van der Waals surface area contributed by atoms with Crippen LogP contribution in [0.5, 0.6) is 0 Å². The van der Waals surface area contributed by atoms with Gasteiger partial charge in [-0.25, -0.2) is 0 Å². The van der Waals surface area contributed by atoms with Gasteiger partial charge in [-0.2, -0.15) is 0 Å². The molecule has 0 radical (unpaired) electrons. The average molecular weight is 281 g/mol. The summed E-state index contributed by atoms with van der Waals surface area (Å²) < 4.78 is 0. The summed E-state index contributed by atoms with van der Waals surface area (Å²) in [5.74, 6) is 0.229. The Morgan fingerprint density at radius 1 is 1.16 bits per heavy atom. The molecular weight excluding hydrogens is 260 g/mol. The van der Waals surface area contributed by atoms with Gasteiger partial charge in [0.15, 0.2) is 0 Å². The first-order chi connectivity index (χ1) is 8.84. The summed E-state index contributed by atoms with van der Waals surface area (Å²) in [6.07, 6.45) is 4.35. The Morgan fingerprint density at radius 2 is 1.95 bits per heavy atom. The minimum absolute atomic E-state index is 0. The zero-order valence-corrected chi connectivity index (χ0v) is 11.9. The molecule has 1 unspecified atom stereocenters. The zero-order valence-electron chi connectivity index (χ0n) is 11.1. The number of amides is 1. The summed E-state index contributed by atoms with van der Waals surface area (Å²) in [5.41, 5.74) is 2.84. The van der Waals surface area contributed by atoms with E-state index in [0.717, 1.165) is 45.3 Å². The van der Waals surface area contributed by atoms with Crippen LogP contribution in [0.4, 0.5) is 0 Å². The van der Waals surface area contributed by atoms with E-state index in [0.29, 0.717) is 0 Å². The molecule has 1 saturated heterocycles. The van der Waals surface area contributed by atoms with Gasteiger partial charge in [-0.1, -0.05) is 24.3 Å². The number of nitrogens with zero attached hydrogens (tertiary/aromatic N) is 1. The van der Waals surface area contributed by atoms with E-state index in [-0.39, 0.29) is 24.4 Å². The standard InChI is InChI=1S/C15H20N2O.ClH/c18-15-14(7-3-4-9-16-15)17-10-8-12-5-1-2-6-13(12)11-17;/h1-2,5-6,14H,3-4,7-11H2,(H,16,18);1H. The highest BCUT2D eigenvalue weighted by molar-refractivity contribution is 5.85. The molecule has 0 aliphatic carbocycles. The second kappa shape index (κ2) is 6.40. The number of nitrogens with one attached hydrogen (secondary N) is 1. The van der Waals surface area contributed by atoms with Crippen LogP contribution in [0.1, 0.15) is 30.4 Å². The predicted octanol–water partition coefficient (Wildman–Crippen LogP) is 2.14. The Morgan fingerprint density at radius 3 is 2.79 bits per heavy atom. The minimum atomic E-state index is 0. The van der Waals surface area contributed by atoms with E-state index in [2.05, 4.69) is 34.5 Å². The van der Waals surface area contributed by atoms with E-state index in [1.165, 1.54) is 11.1 Å². The molecule has 2 heterocycles. The number of carbonyl (C=O) groups is 1. The van der Waals surface area contributed by atoms with Crippen molar-refractivity contribution in [3.63, 3.8) is 0 Å². The lowest BCUT2D eigenvalue weighted by atomic mass is 9.97. The van der Waals surface area contributed by atoms with Crippen molar-refractivity contribution in [1.82, 2.24) is 10.2 Å². The van der Waals surface area contributed by atoms with Crippen molar-refractivity contribution in [2.75, 3.05) is 13.1 Å². The van der Waals surface area contributed by atoms with Crippen LogP contribution < -0.4 is 5.32 Å². The van der Waals surface area contributed by atoms with E-state index in [1.807, 2.05) is 0 Å². The predicted molar refractivity (Wildman–Crippen MR) is 78.5 cm³/mol. The normalized spacial score (nSPS) is 23.8. The molecule has 1 amide bonds. The van der Waals surface area contributed by atoms with Crippen LogP contribution in [0.3, 0.4) is 0 Å².